The minimum absolute atomic E-state index is 0. The number of benzene rings is 1. The number of rotatable bonds is 5. The maximum atomic E-state index is 11.0. The van der Waals surface area contributed by atoms with Gasteiger partial charge in [0, 0.05) is 44.8 Å². The Morgan fingerprint density at radius 3 is 2.41 bits per heavy atom. The lowest BCUT2D eigenvalue weighted by Gasteiger charge is -2.34. The second-order valence-corrected chi connectivity index (χ2v) is 5.13. The Morgan fingerprint density at radius 2 is 1.91 bits per heavy atom. The summed E-state index contributed by atoms with van der Waals surface area (Å²) in [6, 6.07) is 8.51. The molecule has 1 atom stereocenters. The first-order chi connectivity index (χ1) is 9.70. The molecule has 1 heterocycles. The molecule has 0 radical (unpaired) electrons. The predicted molar refractivity (Wildman–Crippen MR) is 97.2 cm³/mol. The maximum absolute atomic E-state index is 11.0. The number of nitrogens with one attached hydrogen (secondary N) is 2. The van der Waals surface area contributed by atoms with Crippen LogP contribution in [0.3, 0.4) is 0 Å². The van der Waals surface area contributed by atoms with E-state index >= 15 is 0 Å². The standard InChI is InChI=1S/C16H23N3O.2ClH/c1-3-4-16(19-11-9-17-10-12-19)14-5-7-15(8-6-14)18-13(2)20;;/h3,5-8,16-17H,1,4,9-12H2,2H3,(H,18,20);2*1H/t16-;;/m0../s1. The Hall–Kier alpha value is -1.07. The summed E-state index contributed by atoms with van der Waals surface area (Å²) in [5.41, 5.74) is 2.12. The largest absolute Gasteiger partial charge is 0.326 e. The van der Waals surface area contributed by atoms with Gasteiger partial charge in [-0.1, -0.05) is 18.2 Å². The summed E-state index contributed by atoms with van der Waals surface area (Å²) in [5, 5.41) is 6.18. The van der Waals surface area contributed by atoms with Gasteiger partial charge in [0.1, 0.15) is 0 Å². The summed E-state index contributed by atoms with van der Waals surface area (Å²) < 4.78 is 0. The molecule has 0 aliphatic carbocycles. The molecule has 124 valence electrons. The molecule has 0 bridgehead atoms. The zero-order chi connectivity index (χ0) is 14.4. The van der Waals surface area contributed by atoms with Gasteiger partial charge in [0.05, 0.1) is 0 Å². The summed E-state index contributed by atoms with van der Waals surface area (Å²) in [4.78, 5) is 13.5. The van der Waals surface area contributed by atoms with Gasteiger partial charge in [-0.2, -0.15) is 0 Å². The third-order valence-electron chi connectivity index (χ3n) is 3.60. The van der Waals surface area contributed by atoms with Gasteiger partial charge in [0.2, 0.25) is 5.91 Å². The Balaban J connectivity index is 0.00000220. The first-order valence-electron chi connectivity index (χ1n) is 7.14. The molecular formula is C16H25Cl2N3O. The lowest BCUT2D eigenvalue weighted by Crippen LogP contribution is -2.45. The predicted octanol–water partition coefficient (Wildman–Crippen LogP) is 3.01. The van der Waals surface area contributed by atoms with E-state index in [1.165, 1.54) is 12.5 Å². The van der Waals surface area contributed by atoms with E-state index in [1.807, 2.05) is 18.2 Å². The molecule has 1 fully saturated rings. The summed E-state index contributed by atoms with van der Waals surface area (Å²) in [6.45, 7) is 9.60. The Kier molecular flexibility index (Phi) is 10.1. The van der Waals surface area contributed by atoms with Gasteiger partial charge in [0.25, 0.3) is 0 Å². The highest BCUT2D eigenvalue weighted by Gasteiger charge is 2.20. The van der Waals surface area contributed by atoms with Crippen LogP contribution in [-0.4, -0.2) is 37.0 Å². The number of halogens is 2. The molecule has 0 unspecified atom stereocenters. The second kappa shape index (κ2) is 10.6. The highest BCUT2D eigenvalue weighted by molar-refractivity contribution is 5.88. The lowest BCUT2D eigenvalue weighted by molar-refractivity contribution is -0.114. The van der Waals surface area contributed by atoms with Crippen molar-refractivity contribution in [3.63, 3.8) is 0 Å². The first kappa shape index (κ1) is 20.9. The first-order valence-corrected chi connectivity index (χ1v) is 7.14. The topological polar surface area (TPSA) is 44.4 Å². The van der Waals surface area contributed by atoms with Crippen molar-refractivity contribution >= 4 is 36.4 Å². The number of anilines is 1. The number of carbonyl (C=O) groups excluding carboxylic acids is 1. The molecular weight excluding hydrogens is 321 g/mol. The summed E-state index contributed by atoms with van der Waals surface area (Å²) >= 11 is 0. The highest BCUT2D eigenvalue weighted by Crippen LogP contribution is 2.26. The van der Waals surface area contributed by atoms with Crippen molar-refractivity contribution in [1.82, 2.24) is 10.2 Å². The van der Waals surface area contributed by atoms with Crippen LogP contribution in [0.1, 0.15) is 24.9 Å². The third-order valence-corrected chi connectivity index (χ3v) is 3.60. The van der Waals surface area contributed by atoms with E-state index in [4.69, 9.17) is 0 Å². The fourth-order valence-corrected chi connectivity index (χ4v) is 2.64. The van der Waals surface area contributed by atoms with Crippen LogP contribution in [-0.2, 0) is 4.79 Å². The van der Waals surface area contributed by atoms with Crippen molar-refractivity contribution in [2.24, 2.45) is 0 Å². The number of hydrogen-bond acceptors (Lipinski definition) is 3. The molecule has 1 aromatic rings. The molecule has 0 saturated carbocycles. The van der Waals surface area contributed by atoms with Crippen LogP contribution < -0.4 is 10.6 Å². The van der Waals surface area contributed by atoms with E-state index in [-0.39, 0.29) is 30.7 Å². The summed E-state index contributed by atoms with van der Waals surface area (Å²) in [7, 11) is 0. The van der Waals surface area contributed by atoms with Gasteiger partial charge in [-0.05, 0) is 24.1 Å². The maximum Gasteiger partial charge on any atom is 0.221 e. The normalized spacial score (nSPS) is 15.9. The molecule has 22 heavy (non-hydrogen) atoms. The number of piperazine rings is 1. The van der Waals surface area contributed by atoms with E-state index in [1.54, 1.807) is 0 Å². The minimum atomic E-state index is -0.0394. The molecule has 0 aromatic heterocycles. The van der Waals surface area contributed by atoms with Crippen LogP contribution in [0, 0.1) is 0 Å². The van der Waals surface area contributed by atoms with Gasteiger partial charge < -0.3 is 10.6 Å². The molecule has 6 heteroatoms. The fraction of sp³-hybridized carbons (Fsp3) is 0.438. The smallest absolute Gasteiger partial charge is 0.221 e. The van der Waals surface area contributed by atoms with Crippen molar-refractivity contribution in [2.45, 2.75) is 19.4 Å². The molecule has 0 spiro atoms. The van der Waals surface area contributed by atoms with Gasteiger partial charge in [0.15, 0.2) is 0 Å². The van der Waals surface area contributed by atoms with Crippen molar-refractivity contribution < 1.29 is 4.79 Å². The number of carbonyl (C=O) groups is 1. The van der Waals surface area contributed by atoms with Crippen molar-refractivity contribution in [3.8, 4) is 0 Å². The molecule has 1 aliphatic heterocycles. The van der Waals surface area contributed by atoms with E-state index in [0.717, 1.165) is 38.3 Å². The SMILES string of the molecule is C=CC[C@@H](c1ccc(NC(C)=O)cc1)N1CCNCC1.Cl.Cl. The lowest BCUT2D eigenvalue weighted by atomic mass is 10.0. The highest BCUT2D eigenvalue weighted by atomic mass is 35.5. The second-order valence-electron chi connectivity index (χ2n) is 5.13. The molecule has 1 amide bonds. The van der Waals surface area contributed by atoms with Crippen molar-refractivity contribution in [3.05, 3.63) is 42.5 Å². The van der Waals surface area contributed by atoms with E-state index < -0.39 is 0 Å². The van der Waals surface area contributed by atoms with Gasteiger partial charge in [-0.3, -0.25) is 9.69 Å². The fourth-order valence-electron chi connectivity index (χ4n) is 2.64. The van der Waals surface area contributed by atoms with E-state index in [2.05, 4.69) is 34.2 Å². The summed E-state index contributed by atoms with van der Waals surface area (Å²) in [6.07, 6.45) is 2.92. The van der Waals surface area contributed by atoms with E-state index in [0.29, 0.717) is 6.04 Å². The molecule has 1 aliphatic rings. The Labute approximate surface area is 145 Å². The zero-order valence-corrected chi connectivity index (χ0v) is 14.5. The molecule has 1 aromatic carbocycles. The van der Waals surface area contributed by atoms with Gasteiger partial charge in [-0.25, -0.2) is 0 Å². The van der Waals surface area contributed by atoms with Crippen LogP contribution in [0.25, 0.3) is 0 Å². The zero-order valence-electron chi connectivity index (χ0n) is 12.9. The van der Waals surface area contributed by atoms with E-state index in [9.17, 15) is 4.79 Å². The summed E-state index contributed by atoms with van der Waals surface area (Å²) in [5.74, 6) is -0.0394. The molecule has 2 N–H and O–H groups in total. The third kappa shape index (κ3) is 5.97. The number of hydrogen-bond donors (Lipinski definition) is 2. The average molecular weight is 346 g/mol. The Bertz CT molecular complexity index is 459. The van der Waals surface area contributed by atoms with Crippen molar-refractivity contribution in [2.75, 3.05) is 31.5 Å². The van der Waals surface area contributed by atoms with Crippen LogP contribution in [0.15, 0.2) is 36.9 Å². The van der Waals surface area contributed by atoms with Crippen LogP contribution in [0.4, 0.5) is 5.69 Å². The number of nitrogens with zero attached hydrogens (tertiary/aromatic N) is 1. The monoisotopic (exact) mass is 345 g/mol. The number of amides is 1. The minimum Gasteiger partial charge on any atom is -0.326 e. The molecule has 2 rings (SSSR count). The van der Waals surface area contributed by atoms with Crippen LogP contribution in [0.2, 0.25) is 0 Å². The molecule has 4 nitrogen and oxygen atoms in total. The average Bonchev–Trinajstić information content (AvgIpc) is 2.46. The van der Waals surface area contributed by atoms with Crippen LogP contribution >= 0.6 is 24.8 Å². The van der Waals surface area contributed by atoms with Crippen molar-refractivity contribution in [1.29, 1.82) is 0 Å². The molecule has 1 saturated heterocycles. The quantitative estimate of drug-likeness (QED) is 0.806. The van der Waals surface area contributed by atoms with Crippen LogP contribution in [0.5, 0.6) is 0 Å². The Morgan fingerprint density at radius 1 is 1.32 bits per heavy atom. The van der Waals surface area contributed by atoms with Gasteiger partial charge in [-0.15, -0.1) is 31.4 Å². The van der Waals surface area contributed by atoms with Gasteiger partial charge >= 0.3 is 0 Å².